The molecule has 0 aromatic rings. The van der Waals surface area contributed by atoms with Crippen LogP contribution in [0.25, 0.3) is 0 Å². The van der Waals surface area contributed by atoms with Crippen LogP contribution in [0.15, 0.2) is 0 Å². The number of Topliss-reactive ketones (excluding diaryl/α,β-unsaturated/α-hetero) is 1. The van der Waals surface area contributed by atoms with Crippen LogP contribution < -0.4 is 16.2 Å². The highest BCUT2D eigenvalue weighted by Crippen LogP contribution is 2.21. The summed E-state index contributed by atoms with van der Waals surface area (Å²) in [7, 11) is 0. The van der Waals surface area contributed by atoms with Crippen LogP contribution in [0.2, 0.25) is 0 Å². The molecule has 4 N–H and O–H groups in total. The van der Waals surface area contributed by atoms with Gasteiger partial charge in [0.1, 0.15) is 6.04 Å². The third kappa shape index (κ3) is 8.22. The van der Waals surface area contributed by atoms with Crippen LogP contribution in [-0.4, -0.2) is 52.3 Å². The van der Waals surface area contributed by atoms with Gasteiger partial charge in [-0.3, -0.25) is 29.4 Å². The zero-order valence-electron chi connectivity index (χ0n) is 19.4. The van der Waals surface area contributed by atoms with Crippen LogP contribution >= 0.6 is 0 Å². The van der Waals surface area contributed by atoms with E-state index in [1.165, 1.54) is 5.01 Å². The number of hydroxylamine groups is 1. The smallest absolute Gasteiger partial charge is 0.245 e. The summed E-state index contributed by atoms with van der Waals surface area (Å²) in [5.41, 5.74) is 4.61. The Labute approximate surface area is 185 Å². The molecule has 178 valence electrons. The predicted molar refractivity (Wildman–Crippen MR) is 117 cm³/mol. The van der Waals surface area contributed by atoms with E-state index in [1.807, 2.05) is 13.8 Å². The van der Waals surface area contributed by atoms with E-state index in [4.69, 9.17) is 5.21 Å². The minimum absolute atomic E-state index is 0.00727. The Morgan fingerprint density at radius 1 is 1.16 bits per heavy atom. The van der Waals surface area contributed by atoms with Gasteiger partial charge in [0.05, 0.1) is 6.04 Å². The fourth-order valence-corrected chi connectivity index (χ4v) is 3.88. The summed E-state index contributed by atoms with van der Waals surface area (Å²) in [5.74, 6) is -1.98. The van der Waals surface area contributed by atoms with Crippen molar-refractivity contribution >= 4 is 23.5 Å². The van der Waals surface area contributed by atoms with Gasteiger partial charge < -0.3 is 5.32 Å². The lowest BCUT2D eigenvalue weighted by Crippen LogP contribution is -2.62. The van der Waals surface area contributed by atoms with Crippen molar-refractivity contribution in [1.29, 1.82) is 0 Å². The molecule has 0 saturated carbocycles. The molecule has 1 saturated heterocycles. The molecule has 0 bridgehead atoms. The van der Waals surface area contributed by atoms with E-state index in [9.17, 15) is 19.2 Å². The summed E-state index contributed by atoms with van der Waals surface area (Å²) in [6, 6.07) is -1.33. The molecule has 1 aliphatic heterocycles. The fraction of sp³-hybridized carbons (Fsp3) is 0.818. The number of amides is 3. The largest absolute Gasteiger partial charge is 0.344 e. The van der Waals surface area contributed by atoms with E-state index in [0.29, 0.717) is 25.8 Å². The molecule has 4 atom stereocenters. The molecule has 0 unspecified atom stereocenters. The Hall–Kier alpha value is -2.00. The van der Waals surface area contributed by atoms with Gasteiger partial charge in [0, 0.05) is 25.3 Å². The molecule has 1 heterocycles. The number of nitrogens with zero attached hydrogens (tertiary/aromatic N) is 1. The first-order valence-electron chi connectivity index (χ1n) is 11.6. The molecule has 3 amide bonds. The van der Waals surface area contributed by atoms with Gasteiger partial charge in [0.15, 0.2) is 5.78 Å². The average molecular weight is 441 g/mol. The van der Waals surface area contributed by atoms with Crippen LogP contribution in [-0.2, 0) is 19.2 Å². The average Bonchev–Trinajstić information content (AvgIpc) is 2.80. The summed E-state index contributed by atoms with van der Waals surface area (Å²) >= 11 is 0. The topological polar surface area (TPSA) is 128 Å². The maximum Gasteiger partial charge on any atom is 0.245 e. The van der Waals surface area contributed by atoms with Crippen molar-refractivity contribution in [1.82, 2.24) is 21.2 Å². The summed E-state index contributed by atoms with van der Waals surface area (Å²) < 4.78 is 0. The third-order valence-electron chi connectivity index (χ3n) is 6.06. The quantitative estimate of drug-likeness (QED) is 0.197. The van der Waals surface area contributed by atoms with Gasteiger partial charge in [-0.25, -0.2) is 10.9 Å². The molecular formula is C22H40N4O5. The lowest BCUT2D eigenvalue weighted by molar-refractivity contribution is -0.152. The molecule has 1 rings (SSSR count). The van der Waals surface area contributed by atoms with Crippen molar-refractivity contribution in [3.8, 4) is 0 Å². The van der Waals surface area contributed by atoms with E-state index < -0.39 is 23.9 Å². The monoisotopic (exact) mass is 440 g/mol. The summed E-state index contributed by atoms with van der Waals surface area (Å²) in [6.07, 6.45) is 5.30. The molecule has 31 heavy (non-hydrogen) atoms. The molecule has 1 fully saturated rings. The normalized spacial score (nSPS) is 19.3. The molecule has 0 aromatic carbocycles. The molecule has 9 heteroatoms. The minimum Gasteiger partial charge on any atom is -0.344 e. The molecule has 0 aliphatic carbocycles. The first kappa shape index (κ1) is 27.0. The SMILES string of the molecule is CCCCC[C@H](CC(=O)NO)C(=O)N1NCCC[C@H]1C(=O)N[C@H](C(=O)CC)[C@H](C)CC. The van der Waals surface area contributed by atoms with E-state index in [2.05, 4.69) is 17.7 Å². The maximum atomic E-state index is 13.3. The Kier molecular flexibility index (Phi) is 12.3. The summed E-state index contributed by atoms with van der Waals surface area (Å²) in [5, 5.41) is 13.1. The highest BCUT2D eigenvalue weighted by molar-refractivity contribution is 5.93. The van der Waals surface area contributed by atoms with Crippen molar-refractivity contribution < 1.29 is 24.4 Å². The van der Waals surface area contributed by atoms with Crippen molar-refractivity contribution in [3.05, 3.63) is 0 Å². The number of hydrogen-bond donors (Lipinski definition) is 4. The van der Waals surface area contributed by atoms with Crippen molar-refractivity contribution in [2.24, 2.45) is 11.8 Å². The second kappa shape index (κ2) is 14.1. The Morgan fingerprint density at radius 3 is 2.45 bits per heavy atom. The van der Waals surface area contributed by atoms with Crippen molar-refractivity contribution in [2.45, 2.75) is 97.6 Å². The van der Waals surface area contributed by atoms with Gasteiger partial charge in [-0.15, -0.1) is 0 Å². The first-order chi connectivity index (χ1) is 14.8. The second-order valence-electron chi connectivity index (χ2n) is 8.40. The van der Waals surface area contributed by atoms with Crippen molar-refractivity contribution in [3.63, 3.8) is 0 Å². The predicted octanol–water partition coefficient (Wildman–Crippen LogP) is 2.08. The van der Waals surface area contributed by atoms with Gasteiger partial charge in [-0.05, 0) is 25.2 Å². The fourth-order valence-electron chi connectivity index (χ4n) is 3.88. The molecule has 0 spiro atoms. The van der Waals surface area contributed by atoms with Crippen LogP contribution in [0, 0.1) is 11.8 Å². The lowest BCUT2D eigenvalue weighted by Gasteiger charge is -2.38. The summed E-state index contributed by atoms with van der Waals surface area (Å²) in [6.45, 7) is 8.27. The number of rotatable bonds is 13. The molecular weight excluding hydrogens is 400 g/mol. The van der Waals surface area contributed by atoms with Gasteiger partial charge in [-0.1, -0.05) is 53.4 Å². The highest BCUT2D eigenvalue weighted by atomic mass is 16.5. The van der Waals surface area contributed by atoms with E-state index in [-0.39, 0.29) is 29.9 Å². The van der Waals surface area contributed by atoms with Gasteiger partial charge >= 0.3 is 0 Å². The van der Waals surface area contributed by atoms with Crippen LogP contribution in [0.1, 0.15) is 85.5 Å². The number of nitrogens with one attached hydrogen (secondary N) is 3. The zero-order chi connectivity index (χ0) is 23.4. The van der Waals surface area contributed by atoms with Gasteiger partial charge in [-0.2, -0.15) is 0 Å². The molecule has 9 nitrogen and oxygen atoms in total. The lowest BCUT2D eigenvalue weighted by atomic mass is 9.93. The Bertz CT molecular complexity index is 613. The Morgan fingerprint density at radius 2 is 1.87 bits per heavy atom. The minimum atomic E-state index is -0.747. The van der Waals surface area contributed by atoms with Gasteiger partial charge in [0.2, 0.25) is 17.7 Å². The van der Waals surface area contributed by atoms with E-state index in [1.54, 1.807) is 12.4 Å². The van der Waals surface area contributed by atoms with Crippen LogP contribution in [0.3, 0.4) is 0 Å². The number of hydrogen-bond acceptors (Lipinski definition) is 6. The van der Waals surface area contributed by atoms with Crippen LogP contribution in [0.5, 0.6) is 0 Å². The van der Waals surface area contributed by atoms with E-state index >= 15 is 0 Å². The van der Waals surface area contributed by atoms with E-state index in [0.717, 1.165) is 32.1 Å². The highest BCUT2D eigenvalue weighted by Gasteiger charge is 2.38. The first-order valence-corrected chi connectivity index (χ1v) is 11.6. The Balaban J connectivity index is 3.00. The summed E-state index contributed by atoms with van der Waals surface area (Å²) in [4.78, 5) is 50.5. The number of carbonyl (C=O) groups is 4. The van der Waals surface area contributed by atoms with Gasteiger partial charge in [0.25, 0.3) is 0 Å². The second-order valence-corrected chi connectivity index (χ2v) is 8.40. The molecule has 0 aromatic heterocycles. The number of hydrazine groups is 1. The number of carbonyl (C=O) groups excluding carboxylic acids is 4. The van der Waals surface area contributed by atoms with Crippen LogP contribution in [0.4, 0.5) is 0 Å². The number of unbranched alkanes of at least 4 members (excludes halogenated alkanes) is 2. The number of ketones is 1. The molecule has 0 radical (unpaired) electrons. The third-order valence-corrected chi connectivity index (χ3v) is 6.06. The van der Waals surface area contributed by atoms with Crippen molar-refractivity contribution in [2.75, 3.05) is 6.54 Å². The standard InChI is InChI=1S/C22H40N4O5/c1-5-8-9-11-16(14-19(28)25-31)22(30)26-17(12-10-13-23-26)21(29)24-20(15(4)6-2)18(27)7-3/h15-17,20,23,31H,5-14H2,1-4H3,(H,24,29)(H,25,28)/t15-,16-,17+,20+/m1/s1. The maximum absolute atomic E-state index is 13.3. The molecule has 1 aliphatic rings. The zero-order valence-corrected chi connectivity index (χ0v) is 19.4.